The number of nitrogens with zero attached hydrogens (tertiary/aromatic N) is 1. The second-order valence-corrected chi connectivity index (χ2v) is 6.60. The van der Waals surface area contributed by atoms with Crippen molar-refractivity contribution in [3.63, 3.8) is 0 Å². The molecule has 0 aliphatic rings. The fraction of sp³-hybridized carbons (Fsp3) is 0.250. The Morgan fingerprint density at radius 1 is 1.04 bits per heavy atom. The molecule has 0 atom stereocenters. The lowest BCUT2D eigenvalue weighted by molar-refractivity contribution is -0.117. The standard InChI is InChI=1S/C20H22ClN3O3/c1-13-11-16(21)7-8-19(13)23-20(27)9-10-24(15(3)26)18-6-4-5-17(12-18)22-14(2)25/h4-8,11-12H,9-10H2,1-3H3,(H,22,25)(H,23,27). The van der Waals surface area contributed by atoms with E-state index in [4.69, 9.17) is 11.6 Å². The van der Waals surface area contributed by atoms with E-state index in [1.807, 2.05) is 6.92 Å². The predicted octanol–water partition coefficient (Wildman–Crippen LogP) is 3.99. The Morgan fingerprint density at radius 3 is 2.41 bits per heavy atom. The maximum atomic E-state index is 12.3. The third-order valence-corrected chi connectivity index (χ3v) is 4.12. The number of carbonyl (C=O) groups excluding carboxylic acids is 3. The zero-order valence-corrected chi connectivity index (χ0v) is 16.3. The summed E-state index contributed by atoms with van der Waals surface area (Å²) >= 11 is 5.92. The molecule has 0 fully saturated rings. The van der Waals surface area contributed by atoms with E-state index in [2.05, 4.69) is 10.6 Å². The predicted molar refractivity (Wildman–Crippen MR) is 108 cm³/mol. The van der Waals surface area contributed by atoms with E-state index in [1.54, 1.807) is 42.5 Å². The second kappa shape index (κ2) is 9.19. The van der Waals surface area contributed by atoms with Crippen LogP contribution in [-0.2, 0) is 14.4 Å². The average Bonchev–Trinajstić information content (AvgIpc) is 2.57. The molecule has 0 saturated heterocycles. The van der Waals surface area contributed by atoms with Crippen LogP contribution in [0.3, 0.4) is 0 Å². The molecule has 3 amide bonds. The molecule has 0 bridgehead atoms. The van der Waals surface area contributed by atoms with Gasteiger partial charge in [0, 0.05) is 48.9 Å². The molecule has 0 heterocycles. The van der Waals surface area contributed by atoms with Crippen molar-refractivity contribution in [2.45, 2.75) is 27.2 Å². The zero-order chi connectivity index (χ0) is 20.0. The summed E-state index contributed by atoms with van der Waals surface area (Å²) < 4.78 is 0. The van der Waals surface area contributed by atoms with Gasteiger partial charge in [-0.2, -0.15) is 0 Å². The summed E-state index contributed by atoms with van der Waals surface area (Å²) in [6, 6.07) is 12.2. The highest BCUT2D eigenvalue weighted by molar-refractivity contribution is 6.30. The first-order valence-corrected chi connectivity index (χ1v) is 8.86. The zero-order valence-electron chi connectivity index (χ0n) is 15.5. The first kappa shape index (κ1) is 20.5. The highest BCUT2D eigenvalue weighted by Crippen LogP contribution is 2.22. The summed E-state index contributed by atoms with van der Waals surface area (Å²) in [5.74, 6) is -0.589. The van der Waals surface area contributed by atoms with Crippen molar-refractivity contribution in [1.82, 2.24) is 0 Å². The summed E-state index contributed by atoms with van der Waals surface area (Å²) in [6.07, 6.45) is 0.131. The number of halogens is 1. The maximum Gasteiger partial charge on any atom is 0.226 e. The molecular weight excluding hydrogens is 366 g/mol. The van der Waals surface area contributed by atoms with Crippen molar-refractivity contribution in [1.29, 1.82) is 0 Å². The Labute approximate surface area is 163 Å². The minimum absolute atomic E-state index is 0.131. The third-order valence-electron chi connectivity index (χ3n) is 3.88. The average molecular weight is 388 g/mol. The Balaban J connectivity index is 2.05. The van der Waals surface area contributed by atoms with Crippen molar-refractivity contribution in [2.75, 3.05) is 22.1 Å². The van der Waals surface area contributed by atoms with E-state index >= 15 is 0 Å². The summed E-state index contributed by atoms with van der Waals surface area (Å²) in [4.78, 5) is 37.0. The highest BCUT2D eigenvalue weighted by Gasteiger charge is 2.15. The van der Waals surface area contributed by atoms with Gasteiger partial charge in [-0.1, -0.05) is 17.7 Å². The fourth-order valence-electron chi connectivity index (χ4n) is 2.62. The molecule has 0 saturated carbocycles. The minimum atomic E-state index is -0.204. The molecule has 2 aromatic rings. The van der Waals surface area contributed by atoms with Crippen molar-refractivity contribution in [2.24, 2.45) is 0 Å². The Kier molecular flexibility index (Phi) is 6.96. The highest BCUT2D eigenvalue weighted by atomic mass is 35.5. The molecule has 0 aliphatic heterocycles. The molecule has 0 unspecified atom stereocenters. The van der Waals surface area contributed by atoms with Crippen LogP contribution in [0.2, 0.25) is 5.02 Å². The summed E-state index contributed by atoms with van der Waals surface area (Å²) in [7, 11) is 0. The molecule has 0 aromatic heterocycles. The monoisotopic (exact) mass is 387 g/mol. The lowest BCUT2D eigenvalue weighted by Crippen LogP contribution is -2.32. The van der Waals surface area contributed by atoms with Gasteiger partial charge in [0.25, 0.3) is 0 Å². The van der Waals surface area contributed by atoms with E-state index in [9.17, 15) is 14.4 Å². The molecule has 7 heteroatoms. The van der Waals surface area contributed by atoms with Crippen LogP contribution in [0, 0.1) is 6.92 Å². The Morgan fingerprint density at radius 2 is 1.78 bits per heavy atom. The summed E-state index contributed by atoms with van der Waals surface area (Å²) in [5, 5.41) is 6.11. The Bertz CT molecular complexity index is 867. The van der Waals surface area contributed by atoms with E-state index < -0.39 is 0 Å². The van der Waals surface area contributed by atoms with Gasteiger partial charge in [0.15, 0.2) is 0 Å². The van der Waals surface area contributed by atoms with Crippen LogP contribution in [-0.4, -0.2) is 24.3 Å². The van der Waals surface area contributed by atoms with Gasteiger partial charge in [0.05, 0.1) is 0 Å². The normalized spacial score (nSPS) is 10.2. The van der Waals surface area contributed by atoms with Crippen molar-refractivity contribution in [3.8, 4) is 0 Å². The molecular formula is C20H22ClN3O3. The number of anilines is 3. The number of amides is 3. The van der Waals surface area contributed by atoms with Crippen molar-refractivity contribution in [3.05, 3.63) is 53.1 Å². The number of aryl methyl sites for hydroxylation is 1. The molecule has 2 aromatic carbocycles. The van der Waals surface area contributed by atoms with Gasteiger partial charge in [0.1, 0.15) is 0 Å². The smallest absolute Gasteiger partial charge is 0.226 e. The van der Waals surface area contributed by atoms with Gasteiger partial charge in [-0.25, -0.2) is 0 Å². The lowest BCUT2D eigenvalue weighted by atomic mass is 10.2. The number of rotatable bonds is 6. The number of hydrogen-bond donors (Lipinski definition) is 2. The van der Waals surface area contributed by atoms with E-state index in [0.29, 0.717) is 22.1 Å². The molecule has 142 valence electrons. The van der Waals surface area contributed by atoms with Crippen LogP contribution in [0.5, 0.6) is 0 Å². The molecule has 27 heavy (non-hydrogen) atoms. The van der Waals surface area contributed by atoms with Gasteiger partial charge in [0.2, 0.25) is 17.7 Å². The SMILES string of the molecule is CC(=O)Nc1cccc(N(CCC(=O)Nc2ccc(Cl)cc2C)C(C)=O)c1. The van der Waals surface area contributed by atoms with Crippen LogP contribution in [0.25, 0.3) is 0 Å². The molecule has 0 radical (unpaired) electrons. The molecule has 0 spiro atoms. The fourth-order valence-corrected chi connectivity index (χ4v) is 2.84. The first-order chi connectivity index (χ1) is 12.8. The summed E-state index contributed by atoms with van der Waals surface area (Å²) in [5.41, 5.74) is 2.76. The maximum absolute atomic E-state index is 12.3. The number of benzene rings is 2. The van der Waals surface area contributed by atoms with Crippen LogP contribution in [0.1, 0.15) is 25.8 Å². The van der Waals surface area contributed by atoms with Crippen molar-refractivity contribution >= 4 is 46.4 Å². The molecule has 0 aliphatic carbocycles. The van der Waals surface area contributed by atoms with Gasteiger partial charge >= 0.3 is 0 Å². The number of carbonyl (C=O) groups is 3. The largest absolute Gasteiger partial charge is 0.326 e. The van der Waals surface area contributed by atoms with E-state index in [1.165, 1.54) is 18.7 Å². The van der Waals surface area contributed by atoms with Gasteiger partial charge in [-0.15, -0.1) is 0 Å². The van der Waals surface area contributed by atoms with Crippen LogP contribution in [0.15, 0.2) is 42.5 Å². The van der Waals surface area contributed by atoms with Gasteiger partial charge in [-0.05, 0) is 48.9 Å². The first-order valence-electron chi connectivity index (χ1n) is 8.48. The van der Waals surface area contributed by atoms with Gasteiger partial charge in [-0.3, -0.25) is 14.4 Å². The number of nitrogens with one attached hydrogen (secondary N) is 2. The second-order valence-electron chi connectivity index (χ2n) is 6.16. The van der Waals surface area contributed by atoms with E-state index in [0.717, 1.165) is 5.56 Å². The minimum Gasteiger partial charge on any atom is -0.326 e. The van der Waals surface area contributed by atoms with Crippen molar-refractivity contribution < 1.29 is 14.4 Å². The molecule has 2 N–H and O–H groups in total. The van der Waals surface area contributed by atoms with Crippen LogP contribution >= 0.6 is 11.6 Å². The van der Waals surface area contributed by atoms with E-state index in [-0.39, 0.29) is 30.7 Å². The lowest BCUT2D eigenvalue weighted by Gasteiger charge is -2.22. The topological polar surface area (TPSA) is 78.5 Å². The van der Waals surface area contributed by atoms with Gasteiger partial charge < -0.3 is 15.5 Å². The third kappa shape index (κ3) is 6.11. The molecule has 2 rings (SSSR count). The quantitative estimate of drug-likeness (QED) is 0.786. The number of hydrogen-bond acceptors (Lipinski definition) is 3. The van der Waals surface area contributed by atoms with Crippen LogP contribution in [0.4, 0.5) is 17.1 Å². The Hall–Kier alpha value is -2.86. The summed E-state index contributed by atoms with van der Waals surface area (Å²) in [6.45, 7) is 4.93. The van der Waals surface area contributed by atoms with Crippen LogP contribution < -0.4 is 15.5 Å². The molecule has 6 nitrogen and oxygen atoms in total.